The average Bonchev–Trinajstić information content (AvgIpc) is 3.09. The van der Waals surface area contributed by atoms with E-state index in [0.717, 1.165) is 96.3 Å². The summed E-state index contributed by atoms with van der Waals surface area (Å²) in [6.07, 6.45) is 29.7. The third-order valence-electron chi connectivity index (χ3n) is 9.71. The second-order valence-electron chi connectivity index (χ2n) is 14.5. The molecule has 2 atom stereocenters. The Bertz CT molecular complexity index is 770. The topological polar surface area (TPSA) is 99.1 Å². The number of carbonyl (C=O) groups is 3. The summed E-state index contributed by atoms with van der Waals surface area (Å²) in [5, 5.41) is 12.0. The summed E-state index contributed by atoms with van der Waals surface area (Å²) in [5.74, 6) is -3.39. The van der Waals surface area contributed by atoms with Gasteiger partial charge in [-0.15, -0.1) is 0 Å². The first-order valence-corrected chi connectivity index (χ1v) is 21.1. The van der Waals surface area contributed by atoms with Gasteiger partial charge in [-0.1, -0.05) is 188 Å². The van der Waals surface area contributed by atoms with Crippen LogP contribution in [0.4, 0.5) is 0 Å². The maximum absolute atomic E-state index is 13.6. The summed E-state index contributed by atoms with van der Waals surface area (Å²) in [4.78, 5) is 40.3. The van der Waals surface area contributed by atoms with Crippen molar-refractivity contribution in [1.82, 2.24) is 0 Å². The molecule has 0 bridgehead atoms. The van der Waals surface area contributed by atoms with E-state index in [0.29, 0.717) is 12.8 Å². The molecule has 7 heteroatoms. The van der Waals surface area contributed by atoms with Crippen LogP contribution < -0.4 is 0 Å². The predicted octanol–water partition coefficient (Wildman–Crippen LogP) is 11.7. The molecule has 0 radical (unpaired) electrons. The van der Waals surface area contributed by atoms with Crippen LogP contribution >= 0.6 is 0 Å². The molecular weight excluding hydrogens is 616 g/mol. The van der Waals surface area contributed by atoms with E-state index in [4.69, 9.17) is 14.2 Å². The SMILES string of the molecule is CCCCCCCCCCCCC(C(=O)OCCCCCCCC)C(O)(CC(=O)OCCCCCCCC)C(=O)OCCCCCCCC. The van der Waals surface area contributed by atoms with Crippen LogP contribution in [-0.2, 0) is 28.6 Å². The molecule has 290 valence electrons. The van der Waals surface area contributed by atoms with E-state index < -0.39 is 35.8 Å². The van der Waals surface area contributed by atoms with Gasteiger partial charge in [0.2, 0.25) is 0 Å². The molecule has 0 aromatic heterocycles. The summed E-state index contributed by atoms with van der Waals surface area (Å²) < 4.78 is 16.8. The summed E-state index contributed by atoms with van der Waals surface area (Å²) in [5.41, 5.74) is -2.32. The Balaban J connectivity index is 5.50. The molecule has 0 aliphatic carbocycles. The van der Waals surface area contributed by atoms with Gasteiger partial charge in [0.1, 0.15) is 0 Å². The van der Waals surface area contributed by atoms with Crippen LogP contribution in [0.2, 0.25) is 0 Å². The van der Waals surface area contributed by atoms with Gasteiger partial charge in [0.05, 0.1) is 32.2 Å². The molecule has 0 spiro atoms. The standard InChI is InChI=1S/C42H80O7/c1-5-9-13-17-21-22-23-24-25-29-33-38(40(44)48-35-31-27-19-15-11-7-3)42(46,41(45)49-36-32-28-20-16-12-8-4)37-39(43)47-34-30-26-18-14-10-6-2/h38,46H,5-37H2,1-4H3. The molecule has 1 N–H and O–H groups in total. The summed E-state index contributed by atoms with van der Waals surface area (Å²) in [6.45, 7) is 9.39. The smallest absolute Gasteiger partial charge is 0.339 e. The number of hydrogen-bond acceptors (Lipinski definition) is 7. The summed E-state index contributed by atoms with van der Waals surface area (Å²) in [7, 11) is 0. The molecule has 0 aromatic rings. The van der Waals surface area contributed by atoms with E-state index in [9.17, 15) is 19.5 Å². The molecule has 0 fully saturated rings. The van der Waals surface area contributed by atoms with Crippen molar-refractivity contribution in [3.8, 4) is 0 Å². The van der Waals surface area contributed by atoms with E-state index in [2.05, 4.69) is 27.7 Å². The van der Waals surface area contributed by atoms with E-state index >= 15 is 0 Å². The van der Waals surface area contributed by atoms with Gasteiger partial charge in [0.15, 0.2) is 5.60 Å². The molecule has 0 saturated carbocycles. The van der Waals surface area contributed by atoms with Crippen molar-refractivity contribution < 1.29 is 33.7 Å². The zero-order valence-corrected chi connectivity index (χ0v) is 32.8. The Kier molecular flexibility index (Phi) is 33.6. The highest BCUT2D eigenvalue weighted by Crippen LogP contribution is 2.31. The van der Waals surface area contributed by atoms with Crippen molar-refractivity contribution >= 4 is 17.9 Å². The minimum atomic E-state index is -2.32. The predicted molar refractivity (Wildman–Crippen MR) is 203 cm³/mol. The minimum Gasteiger partial charge on any atom is -0.466 e. The van der Waals surface area contributed by atoms with Crippen molar-refractivity contribution in [3.05, 3.63) is 0 Å². The quantitative estimate of drug-likeness (QED) is 0.0392. The Morgan fingerprint density at radius 1 is 0.449 bits per heavy atom. The largest absolute Gasteiger partial charge is 0.466 e. The highest BCUT2D eigenvalue weighted by molar-refractivity contribution is 5.91. The lowest BCUT2D eigenvalue weighted by molar-refractivity contribution is -0.187. The fourth-order valence-electron chi connectivity index (χ4n) is 6.39. The highest BCUT2D eigenvalue weighted by atomic mass is 16.6. The molecule has 2 unspecified atom stereocenters. The first-order valence-electron chi connectivity index (χ1n) is 21.1. The number of ether oxygens (including phenoxy) is 3. The minimum absolute atomic E-state index is 0.151. The third-order valence-corrected chi connectivity index (χ3v) is 9.71. The van der Waals surface area contributed by atoms with E-state index in [1.54, 1.807) is 0 Å². The van der Waals surface area contributed by atoms with E-state index in [-0.39, 0.29) is 26.2 Å². The van der Waals surface area contributed by atoms with Crippen molar-refractivity contribution in [3.63, 3.8) is 0 Å². The number of aliphatic hydroxyl groups is 1. The third kappa shape index (κ3) is 26.8. The molecule has 0 rings (SSSR count). The molecule has 0 amide bonds. The Morgan fingerprint density at radius 2 is 0.776 bits per heavy atom. The molecule has 0 heterocycles. The van der Waals surface area contributed by atoms with Crippen LogP contribution in [0.1, 0.15) is 220 Å². The van der Waals surface area contributed by atoms with Crippen LogP contribution in [0.5, 0.6) is 0 Å². The van der Waals surface area contributed by atoms with Gasteiger partial charge in [-0.2, -0.15) is 0 Å². The van der Waals surface area contributed by atoms with Gasteiger partial charge in [0.25, 0.3) is 0 Å². The lowest BCUT2D eigenvalue weighted by Gasteiger charge is -2.32. The lowest BCUT2D eigenvalue weighted by atomic mass is 9.80. The molecular formula is C42H80O7. The monoisotopic (exact) mass is 697 g/mol. The van der Waals surface area contributed by atoms with Crippen LogP contribution in [0.25, 0.3) is 0 Å². The van der Waals surface area contributed by atoms with Gasteiger partial charge in [0, 0.05) is 0 Å². The number of esters is 3. The lowest BCUT2D eigenvalue weighted by Crippen LogP contribution is -2.52. The van der Waals surface area contributed by atoms with Crippen LogP contribution in [0.15, 0.2) is 0 Å². The first kappa shape index (κ1) is 47.4. The fraction of sp³-hybridized carbons (Fsp3) is 0.929. The fourth-order valence-corrected chi connectivity index (χ4v) is 6.39. The maximum atomic E-state index is 13.6. The van der Waals surface area contributed by atoms with Crippen molar-refractivity contribution in [2.24, 2.45) is 5.92 Å². The highest BCUT2D eigenvalue weighted by Gasteiger charge is 2.51. The van der Waals surface area contributed by atoms with E-state index in [1.807, 2.05) is 0 Å². The Morgan fingerprint density at radius 3 is 1.18 bits per heavy atom. The molecule has 7 nitrogen and oxygen atoms in total. The zero-order chi connectivity index (χ0) is 36.3. The zero-order valence-electron chi connectivity index (χ0n) is 32.8. The normalized spacial score (nSPS) is 13.2. The number of unbranched alkanes of at least 4 members (excludes halogenated alkanes) is 24. The van der Waals surface area contributed by atoms with Crippen molar-refractivity contribution in [2.45, 2.75) is 226 Å². The number of rotatable bonds is 37. The van der Waals surface area contributed by atoms with E-state index in [1.165, 1.54) is 70.6 Å². The molecule has 0 aliphatic rings. The Hall–Kier alpha value is -1.63. The number of hydrogen-bond donors (Lipinski definition) is 1. The van der Waals surface area contributed by atoms with Gasteiger partial charge in [-0.3, -0.25) is 9.59 Å². The van der Waals surface area contributed by atoms with Crippen molar-refractivity contribution in [1.29, 1.82) is 0 Å². The average molecular weight is 697 g/mol. The second kappa shape index (κ2) is 34.8. The summed E-state index contributed by atoms with van der Waals surface area (Å²) >= 11 is 0. The van der Waals surface area contributed by atoms with Crippen molar-refractivity contribution in [2.75, 3.05) is 19.8 Å². The Labute approximate surface area is 302 Å². The van der Waals surface area contributed by atoms with Crippen LogP contribution in [-0.4, -0.2) is 48.4 Å². The maximum Gasteiger partial charge on any atom is 0.339 e. The van der Waals surface area contributed by atoms with Gasteiger partial charge in [-0.25, -0.2) is 4.79 Å². The molecule has 49 heavy (non-hydrogen) atoms. The van der Waals surface area contributed by atoms with Gasteiger partial charge < -0.3 is 19.3 Å². The van der Waals surface area contributed by atoms with Crippen LogP contribution in [0, 0.1) is 5.92 Å². The summed E-state index contributed by atoms with van der Waals surface area (Å²) in [6, 6.07) is 0. The first-order chi connectivity index (χ1) is 23.9. The molecule has 0 aliphatic heterocycles. The van der Waals surface area contributed by atoms with Gasteiger partial charge in [-0.05, 0) is 25.7 Å². The number of carbonyl (C=O) groups excluding carboxylic acids is 3. The molecule has 0 saturated heterocycles. The van der Waals surface area contributed by atoms with Gasteiger partial charge >= 0.3 is 17.9 Å². The van der Waals surface area contributed by atoms with Crippen LogP contribution in [0.3, 0.4) is 0 Å². The second-order valence-corrected chi connectivity index (χ2v) is 14.5. The molecule has 0 aromatic carbocycles.